The van der Waals surface area contributed by atoms with Crippen LogP contribution in [0.2, 0.25) is 0 Å². The highest BCUT2D eigenvalue weighted by Gasteiger charge is 2.19. The minimum absolute atomic E-state index is 0.0424. The van der Waals surface area contributed by atoms with E-state index in [0.29, 0.717) is 16.7 Å². The van der Waals surface area contributed by atoms with Gasteiger partial charge in [-0.3, -0.25) is 0 Å². The number of nitrogens with zero attached hydrogens (tertiary/aromatic N) is 4. The van der Waals surface area contributed by atoms with Crippen LogP contribution in [-0.4, -0.2) is 19.5 Å². The van der Waals surface area contributed by atoms with E-state index in [4.69, 9.17) is 18.1 Å². The molecule has 11 rings (SSSR count). The Labute approximate surface area is 309 Å². The first-order valence-electron chi connectivity index (χ1n) is 21.1. The summed E-state index contributed by atoms with van der Waals surface area (Å²) in [6.45, 7) is 0. The van der Waals surface area contributed by atoms with E-state index in [-0.39, 0.29) is 28.6 Å². The average molecular weight is 681 g/mol. The van der Waals surface area contributed by atoms with Gasteiger partial charge in [0.15, 0.2) is 17.5 Å². The molecule has 11 aromatic rings. The average Bonchev–Trinajstić information content (AvgIpc) is 3.95. The minimum Gasteiger partial charge on any atom is -0.456 e. The van der Waals surface area contributed by atoms with Gasteiger partial charge in [-0.1, -0.05) is 103 Å². The molecular weight excluding hydrogens is 645 g/mol. The van der Waals surface area contributed by atoms with Crippen molar-refractivity contribution >= 4 is 75.3 Å². The molecule has 4 heterocycles. The van der Waals surface area contributed by atoms with Crippen LogP contribution in [0.3, 0.4) is 0 Å². The van der Waals surface area contributed by atoms with Gasteiger partial charge in [-0.25, -0.2) is 15.0 Å². The monoisotopic (exact) mass is 680 g/mol. The zero-order valence-corrected chi connectivity index (χ0v) is 27.2. The Hall–Kier alpha value is -6.63. The zero-order valence-electron chi connectivity index (χ0n) is 36.3. The van der Waals surface area contributed by atoms with Crippen LogP contribution in [0.25, 0.3) is 104 Å². The summed E-state index contributed by atoms with van der Waals surface area (Å²) in [5.74, 6) is -0.715. The SMILES string of the molecule is [2H]c1c([2H])c([2H])c(-c2nc(-c3ccc4c(c3)oc3ccc(-n5c6ccccc6c6c7c(ccc65)sc5ccccc57)cc34)nc(-c3c([2H])c([2H])c([2H])c([2H])c3[2H])n2)c([2H])c1[2H]. The van der Waals surface area contributed by atoms with Gasteiger partial charge in [-0.05, 0) is 54.6 Å². The third-order valence-electron chi connectivity index (χ3n) is 9.23. The van der Waals surface area contributed by atoms with Crippen molar-refractivity contribution in [1.29, 1.82) is 0 Å². The fourth-order valence-corrected chi connectivity index (χ4v) is 8.16. The summed E-state index contributed by atoms with van der Waals surface area (Å²) in [7, 11) is 0. The Kier molecular flexibility index (Phi) is 4.32. The summed E-state index contributed by atoms with van der Waals surface area (Å²) < 4.78 is 95.1. The molecule has 0 saturated carbocycles. The van der Waals surface area contributed by atoms with E-state index >= 15 is 0 Å². The number of hydrogen-bond donors (Lipinski definition) is 0. The second-order valence-electron chi connectivity index (χ2n) is 12.1. The lowest BCUT2D eigenvalue weighted by atomic mass is 10.1. The molecule has 0 aliphatic rings. The maximum absolute atomic E-state index is 8.64. The van der Waals surface area contributed by atoms with Crippen LogP contribution in [0.5, 0.6) is 0 Å². The van der Waals surface area contributed by atoms with Crippen molar-refractivity contribution in [2.75, 3.05) is 0 Å². The summed E-state index contributed by atoms with van der Waals surface area (Å²) in [4.78, 5) is 13.5. The van der Waals surface area contributed by atoms with Gasteiger partial charge < -0.3 is 8.98 Å². The lowest BCUT2D eigenvalue weighted by molar-refractivity contribution is 0.669. The molecule has 5 nitrogen and oxygen atoms in total. The van der Waals surface area contributed by atoms with Crippen molar-refractivity contribution in [3.8, 4) is 39.9 Å². The smallest absolute Gasteiger partial charge is 0.164 e. The van der Waals surface area contributed by atoms with Crippen LogP contribution in [0.15, 0.2) is 162 Å². The molecule has 7 aromatic carbocycles. The highest BCUT2D eigenvalue weighted by Crippen LogP contribution is 2.44. The number of fused-ring (bicyclic) bond motifs is 10. The third-order valence-corrected chi connectivity index (χ3v) is 10.4. The minimum atomic E-state index is -0.612. The first kappa shape index (κ1) is 20.1. The topological polar surface area (TPSA) is 56.7 Å². The first-order chi connectivity index (χ1) is 29.4. The Morgan fingerprint density at radius 3 is 1.94 bits per heavy atom. The van der Waals surface area contributed by atoms with Gasteiger partial charge in [-0.2, -0.15) is 0 Å². The molecule has 0 fully saturated rings. The number of rotatable bonds is 4. The van der Waals surface area contributed by atoms with Crippen LogP contribution in [0.4, 0.5) is 0 Å². The Morgan fingerprint density at radius 2 is 1.18 bits per heavy atom. The summed E-state index contributed by atoms with van der Waals surface area (Å²) in [6.07, 6.45) is 0. The van der Waals surface area contributed by atoms with Crippen molar-refractivity contribution in [3.05, 3.63) is 157 Å². The van der Waals surface area contributed by atoms with E-state index in [0.717, 1.165) is 32.9 Å². The quantitative estimate of drug-likeness (QED) is 0.186. The van der Waals surface area contributed by atoms with Crippen molar-refractivity contribution in [3.63, 3.8) is 0 Å². The molecule has 0 radical (unpaired) electrons. The normalized spacial score (nSPS) is 14.7. The molecule has 6 heteroatoms. The number of benzene rings is 7. The predicted octanol–water partition coefficient (Wildman–Crippen LogP) is 12.2. The van der Waals surface area contributed by atoms with Crippen molar-refractivity contribution in [1.82, 2.24) is 19.5 Å². The Bertz CT molecular complexity index is 3600. The van der Waals surface area contributed by atoms with Gasteiger partial charge in [0.25, 0.3) is 0 Å². The van der Waals surface area contributed by atoms with Crippen LogP contribution in [-0.2, 0) is 0 Å². The van der Waals surface area contributed by atoms with Gasteiger partial charge in [0.05, 0.1) is 24.7 Å². The molecule has 0 unspecified atom stereocenters. The van der Waals surface area contributed by atoms with Crippen molar-refractivity contribution in [2.24, 2.45) is 0 Å². The number of aromatic nitrogens is 4. The standard InChI is InChI=1S/C45H26N4OS/c1-3-11-27(12-4-1)43-46-44(28-13-5-2-6-14-28)48-45(47-43)29-19-21-31-34-26-30(20-23-37(34)50-38(31)25-29)49-35-17-9-7-15-32(35)41-36(49)22-24-40-42(41)33-16-8-10-18-39(33)51-40/h1-26H/i1D,2D,3D,4D,5D,6D,11D,12D,13D,14D. The maximum atomic E-state index is 8.64. The highest BCUT2D eigenvalue weighted by atomic mass is 32.1. The molecule has 0 saturated heterocycles. The summed E-state index contributed by atoms with van der Waals surface area (Å²) in [6, 6.07) is 26.7. The molecule has 0 atom stereocenters. The number of thiophene rings is 1. The Balaban J connectivity index is 1.11. The van der Waals surface area contributed by atoms with E-state index in [2.05, 4.69) is 80.2 Å². The molecular formula is C45H26N4OS. The van der Waals surface area contributed by atoms with Crippen LogP contribution >= 0.6 is 11.3 Å². The second kappa shape index (κ2) is 10.9. The molecule has 0 aliphatic heterocycles. The van der Waals surface area contributed by atoms with E-state index in [1.807, 2.05) is 24.3 Å². The second-order valence-corrected chi connectivity index (χ2v) is 13.2. The van der Waals surface area contributed by atoms with Gasteiger partial charge in [0, 0.05) is 64.1 Å². The molecule has 51 heavy (non-hydrogen) atoms. The summed E-state index contributed by atoms with van der Waals surface area (Å²) in [5, 5.41) is 6.44. The lowest BCUT2D eigenvalue weighted by Crippen LogP contribution is -2.00. The number of para-hydroxylation sites is 1. The fourth-order valence-electron chi connectivity index (χ4n) is 7.05. The molecule has 238 valence electrons. The van der Waals surface area contributed by atoms with Crippen molar-refractivity contribution in [2.45, 2.75) is 0 Å². The Morgan fingerprint density at radius 1 is 0.490 bits per heavy atom. The molecule has 4 aromatic heterocycles. The third kappa shape index (κ3) is 4.37. The van der Waals surface area contributed by atoms with Gasteiger partial charge in [-0.15, -0.1) is 11.3 Å². The summed E-state index contributed by atoms with van der Waals surface area (Å²) >= 11 is 1.79. The fraction of sp³-hybridized carbons (Fsp3) is 0. The molecule has 0 spiro atoms. The predicted molar refractivity (Wildman–Crippen MR) is 211 cm³/mol. The molecule has 0 aliphatic carbocycles. The van der Waals surface area contributed by atoms with E-state index in [9.17, 15) is 0 Å². The first-order valence-corrected chi connectivity index (χ1v) is 16.9. The van der Waals surface area contributed by atoms with Gasteiger partial charge >= 0.3 is 0 Å². The molecule has 0 N–H and O–H groups in total. The largest absolute Gasteiger partial charge is 0.456 e. The lowest BCUT2D eigenvalue weighted by Gasteiger charge is -2.08. The van der Waals surface area contributed by atoms with Gasteiger partial charge in [0.1, 0.15) is 11.2 Å². The van der Waals surface area contributed by atoms with E-state index in [1.165, 1.54) is 25.6 Å². The van der Waals surface area contributed by atoms with Gasteiger partial charge in [0.2, 0.25) is 0 Å². The van der Waals surface area contributed by atoms with Crippen LogP contribution in [0, 0.1) is 0 Å². The maximum Gasteiger partial charge on any atom is 0.164 e. The molecule has 0 bridgehead atoms. The number of hydrogen-bond acceptors (Lipinski definition) is 5. The number of furan rings is 1. The van der Waals surface area contributed by atoms with Crippen LogP contribution in [0.1, 0.15) is 13.7 Å². The zero-order chi connectivity index (χ0) is 42.2. The summed E-state index contributed by atoms with van der Waals surface area (Å²) in [5.41, 5.74) is 3.89. The highest BCUT2D eigenvalue weighted by molar-refractivity contribution is 7.26. The molecule has 0 amide bonds. The van der Waals surface area contributed by atoms with E-state index in [1.54, 1.807) is 23.5 Å². The van der Waals surface area contributed by atoms with Crippen molar-refractivity contribution < 1.29 is 18.1 Å². The van der Waals surface area contributed by atoms with Crippen LogP contribution < -0.4 is 0 Å². The van der Waals surface area contributed by atoms with E-state index < -0.39 is 60.4 Å².